The summed E-state index contributed by atoms with van der Waals surface area (Å²) in [5.41, 5.74) is 4.65. The van der Waals surface area contributed by atoms with Gasteiger partial charge in [0, 0.05) is 11.1 Å². The van der Waals surface area contributed by atoms with E-state index < -0.39 is 17.4 Å². The van der Waals surface area contributed by atoms with Crippen LogP contribution in [0.25, 0.3) is 5.69 Å². The van der Waals surface area contributed by atoms with Crippen LogP contribution in [0.1, 0.15) is 32.0 Å². The van der Waals surface area contributed by atoms with E-state index in [-0.39, 0.29) is 21.9 Å². The molecule has 3 rings (SSSR count). The van der Waals surface area contributed by atoms with E-state index in [2.05, 4.69) is 21.3 Å². The Kier molecular flexibility index (Phi) is 6.49. The number of nitrogens with one attached hydrogen (secondary N) is 3. The number of benzene rings is 2. The number of amides is 2. The third-order valence-corrected chi connectivity index (χ3v) is 4.42. The lowest BCUT2D eigenvalue weighted by molar-refractivity contribution is 0.0928. The average Bonchev–Trinajstić information content (AvgIpc) is 2.79. The van der Waals surface area contributed by atoms with Gasteiger partial charge < -0.3 is 0 Å². The van der Waals surface area contributed by atoms with Crippen LogP contribution in [-0.2, 0) is 0 Å². The Hall–Kier alpha value is -4.36. The smallest absolute Gasteiger partial charge is 0.290 e. The molecule has 0 radical (unpaired) electrons. The van der Waals surface area contributed by atoms with Gasteiger partial charge in [-0.15, -0.1) is 0 Å². The van der Waals surface area contributed by atoms with Crippen LogP contribution in [0.5, 0.6) is 0 Å². The lowest BCUT2D eigenvalue weighted by Crippen LogP contribution is -2.49. The lowest BCUT2D eigenvalue weighted by atomic mass is 10.1. The quantitative estimate of drug-likeness (QED) is 0.421. The summed E-state index contributed by atoms with van der Waals surface area (Å²) in [4.78, 5) is 37.3. The van der Waals surface area contributed by atoms with Gasteiger partial charge in [0.1, 0.15) is 11.6 Å². The van der Waals surface area contributed by atoms with Gasteiger partial charge in [-0.25, -0.2) is 0 Å². The first-order chi connectivity index (χ1) is 14.9. The van der Waals surface area contributed by atoms with Gasteiger partial charge in [0.2, 0.25) is 0 Å². The van der Waals surface area contributed by atoms with Crippen molar-refractivity contribution in [2.24, 2.45) is 0 Å². The fraction of sp³-hybridized carbons (Fsp3) is 0.0476. The summed E-state index contributed by atoms with van der Waals surface area (Å²) in [6.45, 7) is 1.45. The van der Waals surface area contributed by atoms with Gasteiger partial charge in [-0.05, 0) is 43.4 Å². The summed E-state index contributed by atoms with van der Waals surface area (Å²) < 4.78 is 0.982. The highest BCUT2D eigenvalue weighted by Crippen LogP contribution is 2.10. The molecule has 31 heavy (non-hydrogen) atoms. The second kappa shape index (κ2) is 9.43. The van der Waals surface area contributed by atoms with Gasteiger partial charge in [-0.3, -0.25) is 30.6 Å². The van der Waals surface area contributed by atoms with Crippen molar-refractivity contribution in [3.8, 4) is 11.8 Å². The molecular formula is C21H16N6O3S. The Morgan fingerprint density at radius 1 is 1.00 bits per heavy atom. The molecule has 0 aliphatic rings. The van der Waals surface area contributed by atoms with E-state index in [1.165, 1.54) is 6.92 Å². The zero-order valence-corrected chi connectivity index (χ0v) is 17.1. The molecule has 10 heteroatoms. The number of hydrogen-bond acceptors (Lipinski definition) is 6. The van der Waals surface area contributed by atoms with Gasteiger partial charge in [-0.2, -0.15) is 15.0 Å². The Labute approximate surface area is 182 Å². The largest absolute Gasteiger partial charge is 0.298 e. The van der Waals surface area contributed by atoms with E-state index in [9.17, 15) is 19.6 Å². The third-order valence-electron chi connectivity index (χ3n) is 4.22. The zero-order chi connectivity index (χ0) is 22.4. The molecule has 0 aliphatic carbocycles. The van der Waals surface area contributed by atoms with Crippen LogP contribution in [0.2, 0.25) is 0 Å². The topological polar surface area (TPSA) is 129 Å². The van der Waals surface area contributed by atoms with Gasteiger partial charge in [0.05, 0.1) is 5.69 Å². The normalized spacial score (nSPS) is 9.94. The van der Waals surface area contributed by atoms with Gasteiger partial charge in [0.15, 0.2) is 10.8 Å². The number of hydrazine groups is 1. The Morgan fingerprint density at radius 2 is 1.61 bits per heavy atom. The SMILES string of the molecule is Cc1c(C(=O)NNC(=S)NC(=O)c2ccccc2)nn(-c2ccccc2)c(=O)c1C#N. The zero-order valence-electron chi connectivity index (χ0n) is 16.2. The Balaban J connectivity index is 1.78. The predicted octanol–water partition coefficient (Wildman–Crippen LogP) is 1.36. The van der Waals surface area contributed by atoms with Crippen molar-refractivity contribution in [2.75, 3.05) is 0 Å². The molecule has 1 heterocycles. The van der Waals surface area contributed by atoms with Crippen LogP contribution >= 0.6 is 12.2 Å². The molecule has 9 nitrogen and oxygen atoms in total. The molecule has 1 aromatic heterocycles. The van der Waals surface area contributed by atoms with Crippen LogP contribution < -0.4 is 21.7 Å². The number of thiocarbonyl (C=S) groups is 1. The maximum atomic E-state index is 12.7. The molecule has 3 N–H and O–H groups in total. The average molecular weight is 432 g/mol. The van der Waals surface area contributed by atoms with Crippen molar-refractivity contribution < 1.29 is 9.59 Å². The number of nitrogens with zero attached hydrogens (tertiary/aromatic N) is 3. The second-order valence-corrected chi connectivity index (χ2v) is 6.65. The van der Waals surface area contributed by atoms with Gasteiger partial charge >= 0.3 is 0 Å². The highest BCUT2D eigenvalue weighted by atomic mass is 32.1. The summed E-state index contributed by atoms with van der Waals surface area (Å²) >= 11 is 5.02. The molecule has 0 bridgehead atoms. The summed E-state index contributed by atoms with van der Waals surface area (Å²) in [7, 11) is 0. The van der Waals surface area contributed by atoms with Crippen molar-refractivity contribution in [3.63, 3.8) is 0 Å². The van der Waals surface area contributed by atoms with Crippen LogP contribution in [0.15, 0.2) is 65.5 Å². The van der Waals surface area contributed by atoms with E-state index in [0.717, 1.165) is 4.68 Å². The highest BCUT2D eigenvalue weighted by molar-refractivity contribution is 7.80. The first-order valence-electron chi connectivity index (χ1n) is 8.98. The lowest BCUT2D eigenvalue weighted by Gasteiger charge is -2.13. The third kappa shape index (κ3) is 4.80. The number of para-hydroxylation sites is 1. The molecule has 0 unspecified atom stereocenters. The summed E-state index contributed by atoms with van der Waals surface area (Å²) in [6.07, 6.45) is 0. The monoisotopic (exact) mass is 432 g/mol. The highest BCUT2D eigenvalue weighted by Gasteiger charge is 2.20. The Morgan fingerprint density at radius 3 is 2.23 bits per heavy atom. The minimum Gasteiger partial charge on any atom is -0.298 e. The molecule has 0 fully saturated rings. The summed E-state index contributed by atoms with van der Waals surface area (Å²) in [5.74, 6) is -1.19. The van der Waals surface area contributed by atoms with E-state index in [4.69, 9.17) is 12.2 Å². The number of carbonyl (C=O) groups is 2. The molecule has 2 amide bonds. The maximum absolute atomic E-state index is 12.7. The molecule has 0 saturated heterocycles. The van der Waals surface area contributed by atoms with E-state index in [0.29, 0.717) is 11.3 Å². The number of aromatic nitrogens is 2. The molecular weight excluding hydrogens is 416 g/mol. The first-order valence-corrected chi connectivity index (χ1v) is 9.39. The number of hydrogen-bond donors (Lipinski definition) is 3. The van der Waals surface area contributed by atoms with E-state index in [1.807, 2.05) is 6.07 Å². The molecule has 0 atom stereocenters. The summed E-state index contributed by atoms with van der Waals surface area (Å²) in [5, 5.41) is 15.8. The molecule has 0 spiro atoms. The fourth-order valence-electron chi connectivity index (χ4n) is 2.67. The molecule has 0 aliphatic heterocycles. The van der Waals surface area contributed by atoms with E-state index >= 15 is 0 Å². The van der Waals surface area contributed by atoms with Crippen molar-refractivity contribution >= 4 is 29.1 Å². The number of nitriles is 1. The van der Waals surface area contributed by atoms with Gasteiger partial charge in [0.25, 0.3) is 17.4 Å². The van der Waals surface area contributed by atoms with E-state index in [1.54, 1.807) is 60.7 Å². The van der Waals surface area contributed by atoms with Crippen molar-refractivity contribution in [2.45, 2.75) is 6.92 Å². The molecule has 3 aromatic rings. The standard InChI is InChI=1S/C21H16N6O3S/c1-13-16(12-22)20(30)27(15-10-6-3-7-11-15)26-17(13)19(29)24-25-21(31)23-18(28)14-8-4-2-5-9-14/h2-11H,1H3,(H,24,29)(H2,23,25,28,31). The van der Waals surface area contributed by atoms with Gasteiger partial charge in [-0.1, -0.05) is 36.4 Å². The van der Waals surface area contributed by atoms with Crippen molar-refractivity contribution in [1.29, 1.82) is 5.26 Å². The molecule has 0 saturated carbocycles. The minimum atomic E-state index is -0.741. The minimum absolute atomic E-state index is 0.123. The predicted molar refractivity (Wildman–Crippen MR) is 116 cm³/mol. The number of carbonyl (C=O) groups excluding carboxylic acids is 2. The van der Waals surface area contributed by atoms with Crippen LogP contribution in [-0.4, -0.2) is 26.7 Å². The van der Waals surface area contributed by atoms with Crippen LogP contribution in [0, 0.1) is 18.3 Å². The fourth-order valence-corrected chi connectivity index (χ4v) is 2.81. The molecule has 154 valence electrons. The number of rotatable bonds is 3. The Bertz CT molecular complexity index is 1250. The summed E-state index contributed by atoms with van der Waals surface area (Å²) in [6, 6.07) is 18.6. The first kappa shape index (κ1) is 21.4. The van der Waals surface area contributed by atoms with Crippen LogP contribution in [0.4, 0.5) is 0 Å². The molecule has 2 aromatic carbocycles. The van der Waals surface area contributed by atoms with Crippen molar-refractivity contribution in [1.82, 2.24) is 25.9 Å². The maximum Gasteiger partial charge on any atom is 0.290 e. The van der Waals surface area contributed by atoms with Crippen molar-refractivity contribution in [3.05, 3.63) is 93.4 Å². The second-order valence-electron chi connectivity index (χ2n) is 6.24. The van der Waals surface area contributed by atoms with Crippen LogP contribution in [0.3, 0.4) is 0 Å².